The third-order valence-corrected chi connectivity index (χ3v) is 10.4. The van der Waals surface area contributed by atoms with E-state index in [1.54, 1.807) is 0 Å². The number of esters is 1. The molecule has 9 atom stereocenters. The van der Waals surface area contributed by atoms with Crippen molar-refractivity contribution in [1.29, 1.82) is 0 Å². The second-order valence-electron chi connectivity index (χ2n) is 11.7. The molecule has 1 N–H and O–H groups in total. The van der Waals surface area contributed by atoms with E-state index in [0.29, 0.717) is 11.8 Å². The zero-order valence-corrected chi connectivity index (χ0v) is 18.8. The summed E-state index contributed by atoms with van der Waals surface area (Å²) in [5.74, 6) is 0.0705. The Labute approximate surface area is 179 Å². The zero-order valence-electron chi connectivity index (χ0n) is 18.8. The van der Waals surface area contributed by atoms with E-state index in [9.17, 15) is 14.7 Å². The Morgan fingerprint density at radius 3 is 2.43 bits per heavy atom. The zero-order chi connectivity index (χ0) is 21.7. The molecule has 5 rings (SSSR count). The van der Waals surface area contributed by atoms with Gasteiger partial charge in [0, 0.05) is 5.41 Å². The molecule has 5 heteroatoms. The summed E-state index contributed by atoms with van der Waals surface area (Å²) in [6, 6.07) is 0. The Kier molecular flexibility index (Phi) is 4.19. The van der Waals surface area contributed by atoms with E-state index in [1.807, 2.05) is 20.8 Å². The molecule has 1 spiro atoms. The number of carboxylic acids is 1. The van der Waals surface area contributed by atoms with Crippen molar-refractivity contribution in [3.8, 4) is 0 Å². The van der Waals surface area contributed by atoms with Crippen LogP contribution in [0.4, 0.5) is 0 Å². The predicted octanol–water partition coefficient (Wildman–Crippen LogP) is 4.74. The molecular formula is C25H36O5. The van der Waals surface area contributed by atoms with Crippen LogP contribution in [0.25, 0.3) is 0 Å². The van der Waals surface area contributed by atoms with Crippen molar-refractivity contribution in [1.82, 2.24) is 0 Å². The van der Waals surface area contributed by atoms with Crippen LogP contribution in [0.3, 0.4) is 0 Å². The van der Waals surface area contributed by atoms with Gasteiger partial charge in [-0.15, -0.1) is 0 Å². The normalized spacial score (nSPS) is 54.1. The lowest BCUT2D eigenvalue weighted by Gasteiger charge is -2.63. The molecule has 0 radical (unpaired) electrons. The Morgan fingerprint density at radius 1 is 1.10 bits per heavy atom. The van der Waals surface area contributed by atoms with Crippen LogP contribution in [-0.2, 0) is 19.1 Å². The van der Waals surface area contributed by atoms with E-state index in [-0.39, 0.29) is 34.9 Å². The second-order valence-corrected chi connectivity index (χ2v) is 11.7. The van der Waals surface area contributed by atoms with Crippen LogP contribution in [0.1, 0.15) is 79.1 Å². The van der Waals surface area contributed by atoms with Crippen LogP contribution >= 0.6 is 0 Å². The highest BCUT2D eigenvalue weighted by Gasteiger charge is 2.69. The average molecular weight is 417 g/mol. The maximum absolute atomic E-state index is 13.0. The summed E-state index contributed by atoms with van der Waals surface area (Å²) in [6.07, 6.45) is 7.47. The molecule has 0 amide bonds. The SMILES string of the molecule is C=C1C2CCC3C4(C)CCCC(C)(C(=O)O)C4CCC3(C2)C1OC(=O)C1(C)OC1C. The van der Waals surface area contributed by atoms with Crippen LogP contribution in [0, 0.1) is 34.0 Å². The first-order valence-corrected chi connectivity index (χ1v) is 11.8. The molecule has 4 aliphatic carbocycles. The first-order chi connectivity index (χ1) is 14.0. The van der Waals surface area contributed by atoms with Crippen molar-refractivity contribution < 1.29 is 24.2 Å². The first kappa shape index (κ1) is 20.5. The highest BCUT2D eigenvalue weighted by atomic mass is 16.7. The molecular weight excluding hydrogens is 380 g/mol. The number of ether oxygens (including phenoxy) is 2. The van der Waals surface area contributed by atoms with Crippen LogP contribution in [-0.4, -0.2) is 34.9 Å². The van der Waals surface area contributed by atoms with Gasteiger partial charge in [0.15, 0.2) is 5.60 Å². The summed E-state index contributed by atoms with van der Waals surface area (Å²) < 4.78 is 11.8. The van der Waals surface area contributed by atoms with Gasteiger partial charge in [0.25, 0.3) is 0 Å². The third kappa shape index (κ3) is 2.39. The maximum atomic E-state index is 13.0. The van der Waals surface area contributed by atoms with E-state index >= 15 is 0 Å². The monoisotopic (exact) mass is 416 g/mol. The van der Waals surface area contributed by atoms with Gasteiger partial charge in [-0.1, -0.05) is 19.9 Å². The highest BCUT2D eigenvalue weighted by molar-refractivity contribution is 5.83. The fourth-order valence-electron chi connectivity index (χ4n) is 8.55. The highest BCUT2D eigenvalue weighted by Crippen LogP contribution is 2.72. The molecule has 0 aromatic carbocycles. The van der Waals surface area contributed by atoms with E-state index in [0.717, 1.165) is 56.9 Å². The molecule has 30 heavy (non-hydrogen) atoms. The van der Waals surface area contributed by atoms with Crippen LogP contribution in [0.15, 0.2) is 12.2 Å². The van der Waals surface area contributed by atoms with Gasteiger partial charge in [-0.3, -0.25) is 4.79 Å². The second kappa shape index (κ2) is 6.11. The van der Waals surface area contributed by atoms with E-state index < -0.39 is 17.0 Å². The van der Waals surface area contributed by atoms with Gasteiger partial charge in [-0.25, -0.2) is 4.79 Å². The number of rotatable bonds is 3. The summed E-state index contributed by atoms with van der Waals surface area (Å²) in [6.45, 7) is 12.4. The number of fused-ring (bicyclic) bond motifs is 3. The lowest BCUT2D eigenvalue weighted by atomic mass is 9.40. The average Bonchev–Trinajstić information content (AvgIpc) is 3.26. The summed E-state index contributed by atoms with van der Waals surface area (Å²) in [7, 11) is 0. The number of carboxylic acid groups (broad SMARTS) is 1. The largest absolute Gasteiger partial charge is 0.481 e. The van der Waals surface area contributed by atoms with Gasteiger partial charge in [0.2, 0.25) is 0 Å². The number of epoxide rings is 1. The molecule has 4 saturated carbocycles. The number of hydrogen-bond donors (Lipinski definition) is 1. The molecule has 5 aliphatic rings. The lowest BCUT2D eigenvalue weighted by molar-refractivity contribution is -0.197. The summed E-state index contributed by atoms with van der Waals surface area (Å²) >= 11 is 0. The molecule has 0 aromatic rings. The lowest BCUT2D eigenvalue weighted by Crippen LogP contribution is -2.60. The van der Waals surface area contributed by atoms with E-state index in [2.05, 4.69) is 13.5 Å². The van der Waals surface area contributed by atoms with Crippen molar-refractivity contribution >= 4 is 11.9 Å². The molecule has 1 heterocycles. The van der Waals surface area contributed by atoms with Gasteiger partial charge in [0.1, 0.15) is 6.10 Å². The smallest absolute Gasteiger partial charge is 0.341 e. The van der Waals surface area contributed by atoms with Gasteiger partial charge < -0.3 is 14.6 Å². The van der Waals surface area contributed by atoms with Crippen molar-refractivity contribution in [3.63, 3.8) is 0 Å². The Hall–Kier alpha value is -1.36. The van der Waals surface area contributed by atoms with Gasteiger partial charge in [-0.05, 0) is 94.5 Å². The molecule has 5 fully saturated rings. The number of aliphatic carboxylic acids is 1. The number of carbonyl (C=O) groups excluding carboxylic acids is 1. The standard InChI is InChI=1S/C25H36O5/c1-14-16-7-8-18-22(3)10-6-11-23(4,20(26)27)17(22)9-12-25(18,13-16)19(14)29-21(28)24(5)15(2)30-24/h15-19H,1,6-13H2,2-5H3,(H,26,27). The van der Waals surface area contributed by atoms with E-state index in [4.69, 9.17) is 9.47 Å². The van der Waals surface area contributed by atoms with Crippen LogP contribution in [0.5, 0.6) is 0 Å². The third-order valence-electron chi connectivity index (χ3n) is 10.4. The van der Waals surface area contributed by atoms with E-state index in [1.165, 1.54) is 0 Å². The summed E-state index contributed by atoms with van der Waals surface area (Å²) in [5, 5.41) is 10.1. The van der Waals surface area contributed by atoms with Crippen molar-refractivity contribution in [3.05, 3.63) is 12.2 Å². The van der Waals surface area contributed by atoms with Gasteiger partial charge >= 0.3 is 11.9 Å². The fraction of sp³-hybridized carbons (Fsp3) is 0.840. The molecule has 166 valence electrons. The molecule has 5 nitrogen and oxygen atoms in total. The minimum atomic E-state index is -0.822. The molecule has 1 aliphatic heterocycles. The molecule has 0 aromatic heterocycles. The number of hydrogen-bond acceptors (Lipinski definition) is 4. The summed E-state index contributed by atoms with van der Waals surface area (Å²) in [4.78, 5) is 25.3. The fourth-order valence-corrected chi connectivity index (χ4v) is 8.55. The Bertz CT molecular complexity index is 820. The van der Waals surface area contributed by atoms with Crippen LogP contribution < -0.4 is 0 Å². The quantitative estimate of drug-likeness (QED) is 0.409. The van der Waals surface area contributed by atoms with Gasteiger partial charge in [-0.2, -0.15) is 0 Å². The molecule has 1 saturated heterocycles. The molecule has 2 bridgehead atoms. The maximum Gasteiger partial charge on any atom is 0.341 e. The van der Waals surface area contributed by atoms with Gasteiger partial charge in [0.05, 0.1) is 11.5 Å². The van der Waals surface area contributed by atoms with Crippen LogP contribution in [0.2, 0.25) is 0 Å². The van der Waals surface area contributed by atoms with Crippen molar-refractivity contribution in [2.75, 3.05) is 0 Å². The Balaban J connectivity index is 1.51. The minimum Gasteiger partial charge on any atom is -0.481 e. The first-order valence-electron chi connectivity index (χ1n) is 11.8. The minimum absolute atomic E-state index is 0.0306. The Morgan fingerprint density at radius 2 is 1.80 bits per heavy atom. The topological polar surface area (TPSA) is 76.1 Å². The summed E-state index contributed by atoms with van der Waals surface area (Å²) in [5.41, 5.74) is -0.514. The van der Waals surface area contributed by atoms with Crippen molar-refractivity contribution in [2.45, 2.75) is 96.9 Å². The number of carbonyl (C=O) groups is 2. The predicted molar refractivity (Wildman–Crippen MR) is 112 cm³/mol. The van der Waals surface area contributed by atoms with Crippen molar-refractivity contribution in [2.24, 2.45) is 34.0 Å². The molecule has 9 unspecified atom stereocenters.